The summed E-state index contributed by atoms with van der Waals surface area (Å²) in [4.78, 5) is 2.33. The summed E-state index contributed by atoms with van der Waals surface area (Å²) in [5, 5.41) is 4.61. The van der Waals surface area contributed by atoms with Crippen LogP contribution in [0.2, 0.25) is 0 Å². The van der Waals surface area contributed by atoms with Crippen molar-refractivity contribution in [3.05, 3.63) is 36.0 Å². The van der Waals surface area contributed by atoms with E-state index in [0.29, 0.717) is 11.7 Å². The number of benzene rings is 1. The molecule has 0 unspecified atom stereocenters. The van der Waals surface area contributed by atoms with Crippen molar-refractivity contribution in [3.8, 4) is 5.69 Å². The summed E-state index contributed by atoms with van der Waals surface area (Å²) in [5.74, 6) is 1.05. The van der Waals surface area contributed by atoms with Gasteiger partial charge in [0.1, 0.15) is 5.82 Å². The zero-order valence-corrected chi connectivity index (χ0v) is 12.6. The van der Waals surface area contributed by atoms with Crippen molar-refractivity contribution >= 4 is 11.5 Å². The minimum Gasteiger partial charge on any atom is -0.384 e. The average Bonchev–Trinajstić information content (AvgIpc) is 2.91. The molecule has 0 aliphatic carbocycles. The first-order chi connectivity index (χ1) is 10.1. The second kappa shape index (κ2) is 5.77. The van der Waals surface area contributed by atoms with Crippen LogP contribution in [0.1, 0.15) is 25.5 Å². The molecule has 0 bridgehead atoms. The molecule has 0 saturated carbocycles. The molecular formula is C16H22N4O. The molecule has 2 aromatic rings. The number of morpholine rings is 1. The van der Waals surface area contributed by atoms with E-state index in [1.807, 2.05) is 16.8 Å². The normalized spacial score (nSPS) is 15.7. The standard InChI is InChI=1S/C16H22N4O/c1-12(2)15-11-16(17)20(18-15)14-5-3-4-13(10-14)19-6-8-21-9-7-19/h3-5,10-12H,6-9,17H2,1-2H3. The quantitative estimate of drug-likeness (QED) is 0.941. The Hall–Kier alpha value is -2.01. The molecule has 2 heterocycles. The number of rotatable bonds is 3. The van der Waals surface area contributed by atoms with Gasteiger partial charge in [0.15, 0.2) is 0 Å². The molecule has 1 aromatic carbocycles. The summed E-state index contributed by atoms with van der Waals surface area (Å²) in [6.07, 6.45) is 0. The Labute approximate surface area is 125 Å². The first-order valence-electron chi connectivity index (χ1n) is 7.44. The lowest BCUT2D eigenvalue weighted by molar-refractivity contribution is 0.122. The Morgan fingerprint density at radius 2 is 1.86 bits per heavy atom. The first kappa shape index (κ1) is 13.9. The SMILES string of the molecule is CC(C)c1cc(N)n(-c2cccc(N3CCOCC3)c2)n1. The van der Waals surface area contributed by atoms with Gasteiger partial charge in [-0.2, -0.15) is 5.10 Å². The van der Waals surface area contributed by atoms with Crippen molar-refractivity contribution in [1.29, 1.82) is 0 Å². The van der Waals surface area contributed by atoms with Crippen LogP contribution in [0.15, 0.2) is 30.3 Å². The van der Waals surface area contributed by atoms with Gasteiger partial charge in [-0.25, -0.2) is 4.68 Å². The van der Waals surface area contributed by atoms with Crippen LogP contribution in [-0.2, 0) is 4.74 Å². The number of nitrogens with zero attached hydrogens (tertiary/aromatic N) is 3. The molecule has 21 heavy (non-hydrogen) atoms. The molecular weight excluding hydrogens is 264 g/mol. The third kappa shape index (κ3) is 2.88. The predicted molar refractivity (Wildman–Crippen MR) is 85.1 cm³/mol. The van der Waals surface area contributed by atoms with Crippen LogP contribution in [0.3, 0.4) is 0 Å². The molecule has 1 aliphatic heterocycles. The van der Waals surface area contributed by atoms with E-state index in [9.17, 15) is 0 Å². The van der Waals surface area contributed by atoms with Crippen molar-refractivity contribution in [1.82, 2.24) is 9.78 Å². The van der Waals surface area contributed by atoms with E-state index in [4.69, 9.17) is 10.5 Å². The molecule has 0 radical (unpaired) electrons. The predicted octanol–water partition coefficient (Wildman–Crippen LogP) is 2.41. The lowest BCUT2D eigenvalue weighted by Gasteiger charge is -2.29. The van der Waals surface area contributed by atoms with E-state index >= 15 is 0 Å². The van der Waals surface area contributed by atoms with E-state index in [1.165, 1.54) is 5.69 Å². The number of anilines is 2. The van der Waals surface area contributed by atoms with Crippen LogP contribution in [0.25, 0.3) is 5.69 Å². The molecule has 1 aliphatic rings. The summed E-state index contributed by atoms with van der Waals surface area (Å²) >= 11 is 0. The van der Waals surface area contributed by atoms with Crippen molar-refractivity contribution in [3.63, 3.8) is 0 Å². The topological polar surface area (TPSA) is 56.3 Å². The maximum atomic E-state index is 6.11. The van der Waals surface area contributed by atoms with Gasteiger partial charge >= 0.3 is 0 Å². The molecule has 0 atom stereocenters. The first-order valence-corrected chi connectivity index (χ1v) is 7.44. The number of hydrogen-bond donors (Lipinski definition) is 1. The van der Waals surface area contributed by atoms with Crippen LogP contribution in [0.5, 0.6) is 0 Å². The molecule has 1 fully saturated rings. The molecule has 1 aromatic heterocycles. The number of hydrogen-bond acceptors (Lipinski definition) is 4. The Balaban J connectivity index is 1.92. The van der Waals surface area contributed by atoms with Crippen LogP contribution in [0, 0.1) is 0 Å². The minimum absolute atomic E-state index is 0.371. The van der Waals surface area contributed by atoms with Crippen LogP contribution >= 0.6 is 0 Å². The van der Waals surface area contributed by atoms with Gasteiger partial charge in [-0.3, -0.25) is 0 Å². The molecule has 5 nitrogen and oxygen atoms in total. The highest BCUT2D eigenvalue weighted by atomic mass is 16.5. The van der Waals surface area contributed by atoms with E-state index in [1.54, 1.807) is 0 Å². The number of nitrogen functional groups attached to an aromatic ring is 1. The van der Waals surface area contributed by atoms with Crippen LogP contribution < -0.4 is 10.6 Å². The number of ether oxygens (including phenoxy) is 1. The van der Waals surface area contributed by atoms with Gasteiger partial charge in [0, 0.05) is 24.8 Å². The summed E-state index contributed by atoms with van der Waals surface area (Å²) in [6, 6.07) is 10.3. The fourth-order valence-corrected chi connectivity index (χ4v) is 2.55. The maximum absolute atomic E-state index is 6.11. The third-order valence-corrected chi connectivity index (χ3v) is 3.80. The lowest BCUT2D eigenvalue weighted by atomic mass is 10.1. The van der Waals surface area contributed by atoms with Gasteiger partial charge in [0.2, 0.25) is 0 Å². The Bertz CT molecular complexity index is 614. The van der Waals surface area contributed by atoms with E-state index < -0.39 is 0 Å². The Kier molecular flexibility index (Phi) is 3.84. The fourth-order valence-electron chi connectivity index (χ4n) is 2.55. The molecule has 112 valence electrons. The van der Waals surface area contributed by atoms with Crippen molar-refractivity contribution in [2.75, 3.05) is 36.9 Å². The smallest absolute Gasteiger partial charge is 0.127 e. The van der Waals surface area contributed by atoms with Gasteiger partial charge in [-0.1, -0.05) is 19.9 Å². The lowest BCUT2D eigenvalue weighted by Crippen LogP contribution is -2.36. The second-order valence-electron chi connectivity index (χ2n) is 5.68. The monoisotopic (exact) mass is 286 g/mol. The van der Waals surface area contributed by atoms with Crippen molar-refractivity contribution < 1.29 is 4.74 Å². The largest absolute Gasteiger partial charge is 0.384 e. The summed E-state index contributed by atoms with van der Waals surface area (Å²) in [7, 11) is 0. The number of nitrogens with two attached hydrogens (primary N) is 1. The molecule has 0 spiro atoms. The third-order valence-electron chi connectivity index (χ3n) is 3.80. The van der Waals surface area contributed by atoms with Crippen molar-refractivity contribution in [2.45, 2.75) is 19.8 Å². The van der Waals surface area contributed by atoms with E-state index in [2.05, 4.69) is 42.0 Å². The number of aromatic nitrogens is 2. The van der Waals surface area contributed by atoms with Gasteiger partial charge < -0.3 is 15.4 Å². The van der Waals surface area contributed by atoms with Gasteiger partial charge in [0.05, 0.1) is 24.6 Å². The van der Waals surface area contributed by atoms with Gasteiger partial charge in [-0.15, -0.1) is 0 Å². The summed E-state index contributed by atoms with van der Waals surface area (Å²) < 4.78 is 7.22. The van der Waals surface area contributed by atoms with Crippen LogP contribution in [0.4, 0.5) is 11.5 Å². The highest BCUT2D eigenvalue weighted by Crippen LogP contribution is 2.23. The van der Waals surface area contributed by atoms with Crippen LogP contribution in [-0.4, -0.2) is 36.1 Å². The summed E-state index contributed by atoms with van der Waals surface area (Å²) in [6.45, 7) is 7.66. The minimum atomic E-state index is 0.371. The zero-order chi connectivity index (χ0) is 14.8. The van der Waals surface area contributed by atoms with E-state index in [0.717, 1.165) is 37.7 Å². The van der Waals surface area contributed by atoms with Crippen molar-refractivity contribution in [2.24, 2.45) is 0 Å². The Morgan fingerprint density at radius 1 is 1.14 bits per heavy atom. The molecule has 1 saturated heterocycles. The summed E-state index contributed by atoms with van der Waals surface area (Å²) in [5.41, 5.74) is 9.32. The fraction of sp³-hybridized carbons (Fsp3) is 0.438. The average molecular weight is 286 g/mol. The maximum Gasteiger partial charge on any atom is 0.127 e. The zero-order valence-electron chi connectivity index (χ0n) is 12.6. The molecule has 5 heteroatoms. The second-order valence-corrected chi connectivity index (χ2v) is 5.68. The Morgan fingerprint density at radius 3 is 2.52 bits per heavy atom. The molecule has 0 amide bonds. The molecule has 3 rings (SSSR count). The molecule has 2 N–H and O–H groups in total. The highest BCUT2D eigenvalue weighted by molar-refractivity contribution is 5.55. The highest BCUT2D eigenvalue weighted by Gasteiger charge is 2.14. The van der Waals surface area contributed by atoms with Gasteiger partial charge in [0.25, 0.3) is 0 Å². The van der Waals surface area contributed by atoms with E-state index in [-0.39, 0.29) is 0 Å². The van der Waals surface area contributed by atoms with Gasteiger partial charge in [-0.05, 0) is 24.1 Å².